The zero-order chi connectivity index (χ0) is 13.8. The maximum atomic E-state index is 12.1. The highest BCUT2D eigenvalue weighted by Gasteiger charge is 2.27. The van der Waals surface area contributed by atoms with Gasteiger partial charge >= 0.3 is 0 Å². The highest BCUT2D eigenvalue weighted by Crippen LogP contribution is 2.21. The molecule has 0 aliphatic carbocycles. The van der Waals surface area contributed by atoms with Crippen LogP contribution in [0.2, 0.25) is 0 Å². The van der Waals surface area contributed by atoms with Crippen LogP contribution in [0.15, 0.2) is 4.52 Å². The quantitative estimate of drug-likeness (QED) is 0.902. The highest BCUT2D eigenvalue weighted by molar-refractivity contribution is 5.85. The topological polar surface area (TPSA) is 85.2 Å². The smallest absolute Gasteiger partial charge is 0.226 e. The molecule has 20 heavy (non-hydrogen) atoms. The number of hydrogen-bond acceptors (Lipinski definition) is 5. The second-order valence-corrected chi connectivity index (χ2v) is 5.36. The van der Waals surface area contributed by atoms with Gasteiger partial charge in [0.15, 0.2) is 5.82 Å². The molecule has 0 aromatic carbocycles. The third-order valence-electron chi connectivity index (χ3n) is 3.65. The number of rotatable bonds is 4. The van der Waals surface area contributed by atoms with Crippen LogP contribution >= 0.6 is 12.4 Å². The van der Waals surface area contributed by atoms with Gasteiger partial charge < -0.3 is 15.2 Å². The summed E-state index contributed by atoms with van der Waals surface area (Å²) in [7, 11) is 0. The number of hydrogen-bond donors (Lipinski definition) is 1. The summed E-state index contributed by atoms with van der Waals surface area (Å²) in [6.45, 7) is 5.69. The van der Waals surface area contributed by atoms with E-state index in [9.17, 15) is 4.79 Å². The van der Waals surface area contributed by atoms with E-state index in [1.54, 1.807) is 6.92 Å². The van der Waals surface area contributed by atoms with Crippen molar-refractivity contribution >= 4 is 18.3 Å². The molecule has 7 heteroatoms. The summed E-state index contributed by atoms with van der Waals surface area (Å²) in [5.74, 6) is 1.82. The first-order valence-electron chi connectivity index (χ1n) is 6.88. The first kappa shape index (κ1) is 16.9. The molecule has 2 rings (SSSR count). The number of amides is 1. The van der Waals surface area contributed by atoms with Crippen molar-refractivity contribution in [2.45, 2.75) is 33.1 Å². The number of piperidine rings is 1. The average Bonchev–Trinajstić information content (AvgIpc) is 2.82. The lowest BCUT2D eigenvalue weighted by atomic mass is 9.93. The van der Waals surface area contributed by atoms with Gasteiger partial charge in [0.1, 0.15) is 0 Å². The fraction of sp³-hybridized carbons (Fsp3) is 0.769. The molecular formula is C13H23ClN4O2. The van der Waals surface area contributed by atoms with Gasteiger partial charge in [-0.3, -0.25) is 4.79 Å². The fourth-order valence-electron chi connectivity index (χ4n) is 2.53. The molecule has 1 aliphatic rings. The number of aromatic nitrogens is 2. The highest BCUT2D eigenvalue weighted by atomic mass is 35.5. The minimum atomic E-state index is -0.0915. The number of nitrogens with two attached hydrogens (primary N) is 1. The Morgan fingerprint density at radius 2 is 2.35 bits per heavy atom. The monoisotopic (exact) mass is 302 g/mol. The Labute approximate surface area is 125 Å². The van der Waals surface area contributed by atoms with Gasteiger partial charge in [0.05, 0.1) is 0 Å². The molecule has 1 fully saturated rings. The number of carbonyl (C=O) groups excluding carboxylic acids is 1. The summed E-state index contributed by atoms with van der Waals surface area (Å²) < 4.78 is 4.98. The Morgan fingerprint density at radius 3 is 2.95 bits per heavy atom. The van der Waals surface area contributed by atoms with Crippen LogP contribution in [0.4, 0.5) is 0 Å². The van der Waals surface area contributed by atoms with E-state index in [1.165, 1.54) is 0 Å². The lowest BCUT2D eigenvalue weighted by molar-refractivity contribution is -0.136. The molecule has 0 saturated carbocycles. The number of halogens is 1. The number of likely N-dealkylation sites (tertiary alicyclic amines) is 1. The molecule has 1 aromatic rings. The summed E-state index contributed by atoms with van der Waals surface area (Å²) in [4.78, 5) is 18.3. The first-order valence-corrected chi connectivity index (χ1v) is 6.88. The predicted molar refractivity (Wildman–Crippen MR) is 77.5 cm³/mol. The van der Waals surface area contributed by atoms with Crippen molar-refractivity contribution in [3.05, 3.63) is 11.7 Å². The molecule has 1 aliphatic heterocycles. The maximum Gasteiger partial charge on any atom is 0.226 e. The Hall–Kier alpha value is -1.14. The number of aryl methyl sites for hydroxylation is 1. The van der Waals surface area contributed by atoms with Gasteiger partial charge in [0, 0.05) is 38.9 Å². The second kappa shape index (κ2) is 7.59. The van der Waals surface area contributed by atoms with Crippen molar-refractivity contribution in [2.75, 3.05) is 19.6 Å². The minimum absolute atomic E-state index is 0. The molecular weight excluding hydrogens is 280 g/mol. The van der Waals surface area contributed by atoms with E-state index in [2.05, 4.69) is 10.1 Å². The van der Waals surface area contributed by atoms with Crippen molar-refractivity contribution < 1.29 is 9.32 Å². The van der Waals surface area contributed by atoms with Crippen LogP contribution in [-0.2, 0) is 11.2 Å². The average molecular weight is 303 g/mol. The van der Waals surface area contributed by atoms with Crippen LogP contribution in [0.5, 0.6) is 0 Å². The van der Waals surface area contributed by atoms with Gasteiger partial charge in [-0.15, -0.1) is 12.4 Å². The first-order chi connectivity index (χ1) is 9.10. The Balaban J connectivity index is 0.00000200. The van der Waals surface area contributed by atoms with Crippen LogP contribution in [0.25, 0.3) is 0 Å². The van der Waals surface area contributed by atoms with Gasteiger partial charge in [-0.2, -0.15) is 4.98 Å². The summed E-state index contributed by atoms with van der Waals surface area (Å²) in [5, 5.41) is 3.92. The molecule has 0 radical (unpaired) electrons. The molecule has 1 saturated heterocycles. The van der Waals surface area contributed by atoms with Gasteiger partial charge in [0.25, 0.3) is 0 Å². The lowest BCUT2D eigenvalue weighted by Gasteiger charge is -2.33. The van der Waals surface area contributed by atoms with E-state index in [-0.39, 0.29) is 24.2 Å². The number of nitrogens with zero attached hydrogens (tertiary/aromatic N) is 3. The molecule has 2 unspecified atom stereocenters. The normalized spacial score (nSPS) is 20.4. The van der Waals surface area contributed by atoms with E-state index in [0.717, 1.165) is 38.2 Å². The van der Waals surface area contributed by atoms with Crippen LogP contribution in [0.3, 0.4) is 0 Å². The summed E-state index contributed by atoms with van der Waals surface area (Å²) in [6.07, 6.45) is 2.91. The van der Waals surface area contributed by atoms with Crippen molar-refractivity contribution in [2.24, 2.45) is 17.6 Å². The number of carbonyl (C=O) groups is 1. The molecule has 0 bridgehead atoms. The maximum absolute atomic E-state index is 12.1. The zero-order valence-corrected chi connectivity index (χ0v) is 12.9. The van der Waals surface area contributed by atoms with Crippen molar-refractivity contribution in [1.82, 2.24) is 15.0 Å². The molecule has 0 spiro atoms. The standard InChI is InChI=1S/C13H22N4O2.ClH/c1-9(7-14)13(18)17-5-3-4-11(8-17)6-12-15-10(2)19-16-12;/h9,11H,3-8,14H2,1-2H3;1H. The van der Waals surface area contributed by atoms with Crippen molar-refractivity contribution in [3.8, 4) is 0 Å². The van der Waals surface area contributed by atoms with Crippen LogP contribution < -0.4 is 5.73 Å². The Morgan fingerprint density at radius 1 is 1.60 bits per heavy atom. The SMILES string of the molecule is Cc1nc(CC2CCCN(C(=O)C(C)CN)C2)no1.Cl. The van der Waals surface area contributed by atoms with E-state index < -0.39 is 0 Å². The third kappa shape index (κ3) is 4.18. The summed E-state index contributed by atoms with van der Waals surface area (Å²) in [6, 6.07) is 0. The molecule has 2 atom stereocenters. The summed E-state index contributed by atoms with van der Waals surface area (Å²) in [5.41, 5.74) is 5.56. The Bertz CT molecular complexity index is 438. The van der Waals surface area contributed by atoms with E-state index >= 15 is 0 Å². The van der Waals surface area contributed by atoms with Gasteiger partial charge in [0.2, 0.25) is 11.8 Å². The van der Waals surface area contributed by atoms with Crippen molar-refractivity contribution in [1.29, 1.82) is 0 Å². The third-order valence-corrected chi connectivity index (χ3v) is 3.65. The largest absolute Gasteiger partial charge is 0.342 e. The van der Waals surface area contributed by atoms with E-state index in [4.69, 9.17) is 10.3 Å². The Kier molecular flexibility index (Phi) is 6.42. The van der Waals surface area contributed by atoms with Gasteiger partial charge in [-0.25, -0.2) is 0 Å². The molecule has 1 aromatic heterocycles. The molecule has 2 heterocycles. The predicted octanol–water partition coefficient (Wildman–Crippen LogP) is 1.18. The van der Waals surface area contributed by atoms with Crippen LogP contribution in [0.1, 0.15) is 31.5 Å². The molecule has 114 valence electrons. The zero-order valence-electron chi connectivity index (χ0n) is 12.0. The second-order valence-electron chi connectivity index (χ2n) is 5.36. The lowest BCUT2D eigenvalue weighted by Crippen LogP contribution is -2.44. The van der Waals surface area contributed by atoms with E-state index in [1.807, 2.05) is 11.8 Å². The van der Waals surface area contributed by atoms with Crippen molar-refractivity contribution in [3.63, 3.8) is 0 Å². The molecule has 2 N–H and O–H groups in total. The minimum Gasteiger partial charge on any atom is -0.342 e. The van der Waals surface area contributed by atoms with Crippen LogP contribution in [-0.4, -0.2) is 40.6 Å². The van der Waals surface area contributed by atoms with E-state index in [0.29, 0.717) is 18.4 Å². The molecule has 6 nitrogen and oxygen atoms in total. The van der Waals surface area contributed by atoms with Crippen LogP contribution in [0, 0.1) is 18.8 Å². The fourth-order valence-corrected chi connectivity index (χ4v) is 2.53. The summed E-state index contributed by atoms with van der Waals surface area (Å²) >= 11 is 0. The molecule has 1 amide bonds. The van der Waals surface area contributed by atoms with Gasteiger partial charge in [-0.05, 0) is 18.8 Å². The van der Waals surface area contributed by atoms with Gasteiger partial charge in [-0.1, -0.05) is 12.1 Å².